The lowest BCUT2D eigenvalue weighted by Gasteiger charge is -2.18. The number of aliphatic imine (C=N–C) groups is 1. The summed E-state index contributed by atoms with van der Waals surface area (Å²) in [5, 5.41) is 6.52. The summed E-state index contributed by atoms with van der Waals surface area (Å²) < 4.78 is 0. The molecule has 118 valence electrons. The third-order valence-electron chi connectivity index (χ3n) is 3.32. The van der Waals surface area contributed by atoms with Crippen molar-refractivity contribution in [3.05, 3.63) is 0 Å². The average molecular weight is 284 g/mol. The van der Waals surface area contributed by atoms with Crippen LogP contribution in [0.5, 0.6) is 0 Å². The minimum absolute atomic E-state index is 0.0141. The van der Waals surface area contributed by atoms with E-state index < -0.39 is 0 Å². The second-order valence-corrected chi connectivity index (χ2v) is 5.28. The minimum Gasteiger partial charge on any atom is -0.357 e. The lowest BCUT2D eigenvalue weighted by molar-refractivity contribution is -0.127. The lowest BCUT2D eigenvalue weighted by atomic mass is 9.99. The first-order chi connectivity index (χ1) is 9.54. The Kier molecular flexibility index (Phi) is 10.8. The molecular formula is C15H32N4O. The fourth-order valence-electron chi connectivity index (χ4n) is 1.81. The van der Waals surface area contributed by atoms with Crippen molar-refractivity contribution in [2.24, 2.45) is 10.9 Å². The first kappa shape index (κ1) is 18.7. The molecule has 0 aliphatic heterocycles. The van der Waals surface area contributed by atoms with Crippen molar-refractivity contribution < 1.29 is 4.79 Å². The first-order valence-electron chi connectivity index (χ1n) is 7.77. The van der Waals surface area contributed by atoms with E-state index in [4.69, 9.17) is 0 Å². The van der Waals surface area contributed by atoms with Gasteiger partial charge in [-0.1, -0.05) is 33.1 Å². The van der Waals surface area contributed by atoms with Gasteiger partial charge in [-0.25, -0.2) is 4.99 Å². The Morgan fingerprint density at radius 1 is 1.20 bits per heavy atom. The van der Waals surface area contributed by atoms with E-state index in [2.05, 4.69) is 29.5 Å². The molecule has 0 aromatic heterocycles. The van der Waals surface area contributed by atoms with E-state index in [0.29, 0.717) is 5.92 Å². The van der Waals surface area contributed by atoms with Crippen LogP contribution < -0.4 is 10.6 Å². The number of amides is 1. The molecule has 0 aliphatic carbocycles. The lowest BCUT2D eigenvalue weighted by Crippen LogP contribution is -2.40. The maximum absolute atomic E-state index is 11.6. The number of hydrogen-bond acceptors (Lipinski definition) is 2. The topological polar surface area (TPSA) is 56.7 Å². The molecule has 1 atom stereocenters. The van der Waals surface area contributed by atoms with Gasteiger partial charge in [-0.05, 0) is 19.3 Å². The van der Waals surface area contributed by atoms with E-state index >= 15 is 0 Å². The molecule has 0 heterocycles. The zero-order valence-electron chi connectivity index (χ0n) is 13.8. The highest BCUT2D eigenvalue weighted by atomic mass is 16.2. The molecule has 0 spiro atoms. The molecule has 0 fully saturated rings. The standard InChI is InChI=1S/C15H32N4O/c1-6-9-10-13(7-2)11-17-15(16-8-3)18-12-14(20)19(4)5/h13H,6-12H2,1-5H3,(H2,16,17,18). The summed E-state index contributed by atoms with van der Waals surface area (Å²) >= 11 is 0. The van der Waals surface area contributed by atoms with Gasteiger partial charge in [-0.2, -0.15) is 0 Å². The van der Waals surface area contributed by atoms with Crippen LogP contribution in [0.1, 0.15) is 46.5 Å². The molecule has 5 nitrogen and oxygen atoms in total. The Hall–Kier alpha value is -1.26. The SMILES string of the molecule is CCCCC(CC)CNC(=NCC(=O)N(C)C)NCC. The van der Waals surface area contributed by atoms with Gasteiger partial charge >= 0.3 is 0 Å². The van der Waals surface area contributed by atoms with Crippen LogP contribution in [0, 0.1) is 5.92 Å². The highest BCUT2D eigenvalue weighted by Gasteiger charge is 2.08. The van der Waals surface area contributed by atoms with E-state index in [1.54, 1.807) is 19.0 Å². The fraction of sp³-hybridized carbons (Fsp3) is 0.867. The van der Waals surface area contributed by atoms with Crippen molar-refractivity contribution in [1.82, 2.24) is 15.5 Å². The summed E-state index contributed by atoms with van der Waals surface area (Å²) in [6.45, 7) is 8.37. The van der Waals surface area contributed by atoms with Crippen LogP contribution >= 0.6 is 0 Å². The quantitative estimate of drug-likeness (QED) is 0.502. The van der Waals surface area contributed by atoms with Gasteiger partial charge < -0.3 is 15.5 Å². The zero-order valence-corrected chi connectivity index (χ0v) is 13.8. The third kappa shape index (κ3) is 8.77. The summed E-state index contributed by atoms with van der Waals surface area (Å²) in [7, 11) is 3.49. The molecule has 1 unspecified atom stereocenters. The van der Waals surface area contributed by atoms with Crippen LogP contribution in [0.3, 0.4) is 0 Å². The van der Waals surface area contributed by atoms with E-state index in [9.17, 15) is 4.79 Å². The maximum Gasteiger partial charge on any atom is 0.243 e. The number of carbonyl (C=O) groups excluding carboxylic acids is 1. The summed E-state index contributed by atoms with van der Waals surface area (Å²) in [5.41, 5.74) is 0. The third-order valence-corrected chi connectivity index (χ3v) is 3.32. The molecule has 0 bridgehead atoms. The van der Waals surface area contributed by atoms with Crippen molar-refractivity contribution >= 4 is 11.9 Å². The highest BCUT2D eigenvalue weighted by Crippen LogP contribution is 2.10. The average Bonchev–Trinajstić information content (AvgIpc) is 2.44. The Morgan fingerprint density at radius 3 is 2.40 bits per heavy atom. The predicted octanol–water partition coefficient (Wildman–Crippen LogP) is 1.85. The predicted molar refractivity (Wildman–Crippen MR) is 86.0 cm³/mol. The Balaban J connectivity index is 4.30. The number of likely N-dealkylation sites (N-methyl/N-ethyl adjacent to an activating group) is 1. The molecule has 0 rings (SSSR count). The summed E-state index contributed by atoms with van der Waals surface area (Å²) in [5.74, 6) is 1.42. The molecule has 0 radical (unpaired) electrons. The second-order valence-electron chi connectivity index (χ2n) is 5.28. The first-order valence-corrected chi connectivity index (χ1v) is 7.77. The number of nitrogens with one attached hydrogen (secondary N) is 2. The summed E-state index contributed by atoms with van der Waals surface area (Å²) in [6.07, 6.45) is 4.92. The molecular weight excluding hydrogens is 252 g/mol. The van der Waals surface area contributed by atoms with Crippen molar-refractivity contribution in [2.75, 3.05) is 33.7 Å². The van der Waals surface area contributed by atoms with Crippen LogP contribution in [0.2, 0.25) is 0 Å². The van der Waals surface area contributed by atoms with Gasteiger partial charge in [-0.15, -0.1) is 0 Å². The molecule has 0 saturated carbocycles. The van der Waals surface area contributed by atoms with Crippen LogP contribution in [0.15, 0.2) is 4.99 Å². The number of carbonyl (C=O) groups is 1. The maximum atomic E-state index is 11.6. The molecule has 0 saturated heterocycles. The summed E-state index contributed by atoms with van der Waals surface area (Å²) in [4.78, 5) is 17.4. The van der Waals surface area contributed by atoms with Gasteiger partial charge in [0.15, 0.2) is 5.96 Å². The number of unbranched alkanes of at least 4 members (excludes halogenated alkanes) is 1. The van der Waals surface area contributed by atoms with Gasteiger partial charge in [0.25, 0.3) is 0 Å². The smallest absolute Gasteiger partial charge is 0.243 e. The van der Waals surface area contributed by atoms with Gasteiger partial charge in [0.2, 0.25) is 5.91 Å². The van der Waals surface area contributed by atoms with Crippen molar-refractivity contribution in [3.8, 4) is 0 Å². The second kappa shape index (κ2) is 11.6. The molecule has 0 aromatic rings. The van der Waals surface area contributed by atoms with Crippen molar-refractivity contribution in [2.45, 2.75) is 46.5 Å². The van der Waals surface area contributed by atoms with E-state index in [-0.39, 0.29) is 12.5 Å². The van der Waals surface area contributed by atoms with E-state index in [1.165, 1.54) is 25.7 Å². The molecule has 5 heteroatoms. The molecule has 1 amide bonds. The zero-order chi connectivity index (χ0) is 15.4. The summed E-state index contributed by atoms with van der Waals surface area (Å²) in [6, 6.07) is 0. The van der Waals surface area contributed by atoms with Crippen LogP contribution in [0.25, 0.3) is 0 Å². The van der Waals surface area contributed by atoms with E-state index in [1.807, 2.05) is 6.92 Å². The largest absolute Gasteiger partial charge is 0.357 e. The Morgan fingerprint density at radius 2 is 1.90 bits per heavy atom. The van der Waals surface area contributed by atoms with Crippen molar-refractivity contribution in [1.29, 1.82) is 0 Å². The van der Waals surface area contributed by atoms with Gasteiger partial charge in [0, 0.05) is 27.2 Å². The normalized spacial score (nSPS) is 12.9. The number of nitrogens with zero attached hydrogens (tertiary/aromatic N) is 2. The fourth-order valence-corrected chi connectivity index (χ4v) is 1.81. The van der Waals surface area contributed by atoms with Crippen LogP contribution in [-0.4, -0.2) is 50.5 Å². The van der Waals surface area contributed by atoms with Crippen molar-refractivity contribution in [3.63, 3.8) is 0 Å². The molecule has 2 N–H and O–H groups in total. The molecule has 0 aliphatic rings. The Labute approximate surface area is 124 Å². The van der Waals surface area contributed by atoms with Gasteiger partial charge in [0.05, 0.1) is 0 Å². The van der Waals surface area contributed by atoms with Gasteiger partial charge in [0.1, 0.15) is 6.54 Å². The van der Waals surface area contributed by atoms with E-state index in [0.717, 1.165) is 19.0 Å². The molecule has 0 aromatic carbocycles. The molecule has 20 heavy (non-hydrogen) atoms. The number of hydrogen-bond donors (Lipinski definition) is 2. The number of guanidine groups is 1. The minimum atomic E-state index is 0.0141. The van der Waals surface area contributed by atoms with Crippen LogP contribution in [0.4, 0.5) is 0 Å². The monoisotopic (exact) mass is 284 g/mol. The van der Waals surface area contributed by atoms with Gasteiger partial charge in [-0.3, -0.25) is 4.79 Å². The number of rotatable bonds is 9. The van der Waals surface area contributed by atoms with Crippen LogP contribution in [-0.2, 0) is 4.79 Å². The Bertz CT molecular complexity index is 290. The highest BCUT2D eigenvalue weighted by molar-refractivity contribution is 5.84.